The number of carbonyl (C=O) groups is 1. The molecule has 0 saturated heterocycles. The third-order valence-electron chi connectivity index (χ3n) is 3.77. The quantitative estimate of drug-likeness (QED) is 0.588. The van der Waals surface area contributed by atoms with E-state index < -0.39 is 12.1 Å². The normalized spacial score (nSPS) is 12.2. The van der Waals surface area contributed by atoms with Crippen molar-refractivity contribution in [2.45, 2.75) is 45.8 Å². The van der Waals surface area contributed by atoms with Gasteiger partial charge < -0.3 is 9.26 Å². The average Bonchev–Trinajstić information content (AvgIpc) is 3.10. The van der Waals surface area contributed by atoms with E-state index in [1.165, 1.54) is 0 Å². The van der Waals surface area contributed by atoms with E-state index in [1.54, 1.807) is 31.2 Å². The van der Waals surface area contributed by atoms with Crippen molar-refractivity contribution >= 4 is 16.9 Å². The molecule has 3 rings (SSSR count). The summed E-state index contributed by atoms with van der Waals surface area (Å²) in [6.07, 6.45) is 0.926. The number of aryl methyl sites for hydroxylation is 2. The number of aromatic nitrogens is 5. The van der Waals surface area contributed by atoms with Crippen molar-refractivity contribution in [3.8, 4) is 0 Å². The Kier molecular flexibility index (Phi) is 5.35. The molecular weight excluding hydrogens is 338 g/mol. The molecule has 136 valence electrons. The van der Waals surface area contributed by atoms with Gasteiger partial charge in [0.1, 0.15) is 5.52 Å². The van der Waals surface area contributed by atoms with E-state index in [1.807, 2.05) is 6.92 Å². The minimum Gasteiger partial charge on any atom is -0.452 e. The molecule has 0 saturated carbocycles. The number of esters is 1. The van der Waals surface area contributed by atoms with E-state index >= 15 is 0 Å². The molecule has 9 nitrogen and oxygen atoms in total. The van der Waals surface area contributed by atoms with Gasteiger partial charge in [-0.1, -0.05) is 29.4 Å². The molecule has 0 amide bonds. The molecule has 0 fully saturated rings. The van der Waals surface area contributed by atoms with Crippen LogP contribution in [-0.4, -0.2) is 31.1 Å². The van der Waals surface area contributed by atoms with Crippen LogP contribution in [0.25, 0.3) is 10.9 Å². The van der Waals surface area contributed by atoms with Gasteiger partial charge in [0.25, 0.3) is 11.4 Å². The molecule has 0 aliphatic heterocycles. The van der Waals surface area contributed by atoms with E-state index in [0.717, 1.165) is 11.1 Å². The lowest BCUT2D eigenvalue weighted by Crippen LogP contribution is -2.26. The summed E-state index contributed by atoms with van der Waals surface area (Å²) in [5.74, 6) is 0.349. The summed E-state index contributed by atoms with van der Waals surface area (Å²) in [6, 6.07) is 6.92. The highest BCUT2D eigenvalue weighted by molar-refractivity contribution is 5.76. The zero-order chi connectivity index (χ0) is 18.5. The Labute approximate surface area is 149 Å². The molecule has 3 aromatic rings. The zero-order valence-corrected chi connectivity index (χ0v) is 14.6. The first kappa shape index (κ1) is 17.7. The number of rotatable bonds is 7. The Balaban J connectivity index is 1.60. The number of carbonyl (C=O) groups excluding carboxylic acids is 1. The first-order valence-corrected chi connectivity index (χ1v) is 8.43. The van der Waals surface area contributed by atoms with Gasteiger partial charge in [-0.3, -0.25) is 9.59 Å². The van der Waals surface area contributed by atoms with E-state index in [-0.39, 0.29) is 24.4 Å². The molecule has 0 radical (unpaired) electrons. The number of fused-ring (bicyclic) bond motifs is 1. The van der Waals surface area contributed by atoms with Crippen molar-refractivity contribution in [3.63, 3.8) is 0 Å². The van der Waals surface area contributed by atoms with Gasteiger partial charge in [0.05, 0.1) is 18.4 Å². The highest BCUT2D eigenvalue weighted by atomic mass is 16.6. The minimum atomic E-state index is -0.653. The van der Waals surface area contributed by atoms with Crippen molar-refractivity contribution in [3.05, 3.63) is 46.3 Å². The molecule has 26 heavy (non-hydrogen) atoms. The highest BCUT2D eigenvalue weighted by Crippen LogP contribution is 2.15. The number of hydrogen-bond acceptors (Lipinski definition) is 8. The van der Waals surface area contributed by atoms with Gasteiger partial charge in [-0.2, -0.15) is 4.98 Å². The second-order valence-corrected chi connectivity index (χ2v) is 5.82. The molecule has 0 bridgehead atoms. The van der Waals surface area contributed by atoms with Crippen LogP contribution in [0.4, 0.5) is 0 Å². The molecule has 2 heterocycles. The first-order valence-electron chi connectivity index (χ1n) is 8.43. The fourth-order valence-electron chi connectivity index (χ4n) is 2.43. The summed E-state index contributed by atoms with van der Waals surface area (Å²) in [7, 11) is 0. The molecule has 9 heteroatoms. The van der Waals surface area contributed by atoms with Gasteiger partial charge in [-0.05, 0) is 25.5 Å². The summed E-state index contributed by atoms with van der Waals surface area (Å²) in [5, 5.41) is 12.1. The Hall–Kier alpha value is -3.10. The largest absolute Gasteiger partial charge is 0.452 e. The summed E-state index contributed by atoms with van der Waals surface area (Å²) < 4.78 is 11.5. The predicted molar refractivity (Wildman–Crippen MR) is 91.2 cm³/mol. The summed E-state index contributed by atoms with van der Waals surface area (Å²) in [4.78, 5) is 28.5. The van der Waals surface area contributed by atoms with Crippen LogP contribution in [0.1, 0.15) is 44.5 Å². The van der Waals surface area contributed by atoms with Crippen LogP contribution in [0, 0.1) is 0 Å². The van der Waals surface area contributed by atoms with Crippen LogP contribution in [-0.2, 0) is 22.5 Å². The van der Waals surface area contributed by atoms with Gasteiger partial charge in [-0.25, -0.2) is 4.68 Å². The second kappa shape index (κ2) is 7.85. The lowest BCUT2D eigenvalue weighted by atomic mass is 10.2. The predicted octanol–water partition coefficient (Wildman–Crippen LogP) is 1.82. The Bertz CT molecular complexity index is 965. The first-order chi connectivity index (χ1) is 12.6. The standard InChI is InChI=1S/C17H19N5O4/c1-3-6-14-18-16(26-20-14)11(2)25-15(23)9-10-22-17(24)12-7-4-5-8-13(12)19-21-22/h4-5,7-8,11H,3,6,9-10H2,1-2H3. The number of benzene rings is 1. The third kappa shape index (κ3) is 3.93. The Morgan fingerprint density at radius 2 is 2.15 bits per heavy atom. The maximum Gasteiger partial charge on any atom is 0.308 e. The molecule has 1 aromatic carbocycles. The second-order valence-electron chi connectivity index (χ2n) is 5.82. The highest BCUT2D eigenvalue weighted by Gasteiger charge is 2.18. The van der Waals surface area contributed by atoms with Crippen molar-refractivity contribution in [2.24, 2.45) is 0 Å². The molecule has 0 aliphatic carbocycles. The maximum absolute atomic E-state index is 12.3. The van der Waals surface area contributed by atoms with Gasteiger partial charge in [0.15, 0.2) is 11.9 Å². The molecule has 0 aliphatic rings. The van der Waals surface area contributed by atoms with Crippen molar-refractivity contribution in [1.82, 2.24) is 25.1 Å². The number of ether oxygens (including phenoxy) is 1. The summed E-state index contributed by atoms with van der Waals surface area (Å²) in [6.45, 7) is 3.74. The summed E-state index contributed by atoms with van der Waals surface area (Å²) >= 11 is 0. The fraction of sp³-hybridized carbons (Fsp3) is 0.412. The topological polar surface area (TPSA) is 113 Å². The van der Waals surface area contributed by atoms with Gasteiger partial charge in [-0.15, -0.1) is 5.10 Å². The van der Waals surface area contributed by atoms with Crippen molar-refractivity contribution in [1.29, 1.82) is 0 Å². The van der Waals surface area contributed by atoms with Crippen LogP contribution in [0.3, 0.4) is 0 Å². The SMILES string of the molecule is CCCc1noc(C(C)OC(=O)CCn2nnc3ccccc3c2=O)n1. The summed E-state index contributed by atoms with van der Waals surface area (Å²) in [5.41, 5.74) is 0.224. The van der Waals surface area contributed by atoms with Crippen molar-refractivity contribution in [2.75, 3.05) is 0 Å². The number of hydrogen-bond donors (Lipinski definition) is 0. The number of nitrogens with zero attached hydrogens (tertiary/aromatic N) is 5. The van der Waals surface area contributed by atoms with Gasteiger partial charge >= 0.3 is 5.97 Å². The van der Waals surface area contributed by atoms with Gasteiger partial charge in [0.2, 0.25) is 0 Å². The van der Waals surface area contributed by atoms with Crippen LogP contribution < -0.4 is 5.56 Å². The monoisotopic (exact) mass is 357 g/mol. The third-order valence-corrected chi connectivity index (χ3v) is 3.77. The van der Waals surface area contributed by atoms with Crippen LogP contribution in [0.15, 0.2) is 33.6 Å². The van der Waals surface area contributed by atoms with Crippen LogP contribution in [0.5, 0.6) is 0 Å². The Morgan fingerprint density at radius 3 is 2.96 bits per heavy atom. The molecule has 1 atom stereocenters. The zero-order valence-electron chi connectivity index (χ0n) is 14.6. The van der Waals surface area contributed by atoms with E-state index in [9.17, 15) is 9.59 Å². The van der Waals surface area contributed by atoms with Gasteiger partial charge in [0, 0.05) is 6.42 Å². The minimum absolute atomic E-state index is 0.0206. The van der Waals surface area contributed by atoms with E-state index in [0.29, 0.717) is 23.1 Å². The fourth-order valence-corrected chi connectivity index (χ4v) is 2.43. The lowest BCUT2D eigenvalue weighted by molar-refractivity contribution is -0.150. The molecule has 0 spiro atoms. The Morgan fingerprint density at radius 1 is 1.35 bits per heavy atom. The molecule has 1 unspecified atom stereocenters. The molecular formula is C17H19N5O4. The maximum atomic E-state index is 12.3. The lowest BCUT2D eigenvalue weighted by Gasteiger charge is -2.09. The smallest absolute Gasteiger partial charge is 0.308 e. The molecule has 2 aromatic heterocycles. The molecule has 0 N–H and O–H groups in total. The van der Waals surface area contributed by atoms with E-state index in [4.69, 9.17) is 9.26 Å². The van der Waals surface area contributed by atoms with Crippen LogP contribution in [0.2, 0.25) is 0 Å². The average molecular weight is 357 g/mol. The van der Waals surface area contributed by atoms with E-state index in [2.05, 4.69) is 20.5 Å². The van der Waals surface area contributed by atoms with Crippen LogP contribution >= 0.6 is 0 Å². The van der Waals surface area contributed by atoms with Crippen molar-refractivity contribution < 1.29 is 14.1 Å².